The van der Waals surface area contributed by atoms with Crippen LogP contribution in [0.1, 0.15) is 5.56 Å². The number of nitrogens with two attached hydrogens (primary N) is 1. The molecule has 0 atom stereocenters. The van der Waals surface area contributed by atoms with Gasteiger partial charge in [0.25, 0.3) is 0 Å². The Morgan fingerprint density at radius 2 is 1.90 bits per heavy atom. The van der Waals surface area contributed by atoms with E-state index in [0.29, 0.717) is 9.50 Å². The topological polar surface area (TPSA) is 69.4 Å². The Morgan fingerprint density at radius 3 is 2.52 bits per heavy atom. The molecule has 4 nitrogen and oxygen atoms in total. The van der Waals surface area contributed by atoms with E-state index in [-0.39, 0.29) is 22.3 Å². The van der Waals surface area contributed by atoms with Gasteiger partial charge in [-0.1, -0.05) is 51.3 Å². The Labute approximate surface area is 141 Å². The summed E-state index contributed by atoms with van der Waals surface area (Å²) in [7, 11) is -3.96. The quantitative estimate of drug-likeness (QED) is 0.828. The minimum atomic E-state index is -3.96. The van der Waals surface area contributed by atoms with Crippen LogP contribution in [0.2, 0.25) is 10.0 Å². The molecular weight excluding hydrogens is 401 g/mol. The summed E-state index contributed by atoms with van der Waals surface area (Å²) in [6.45, 7) is 0.116. The minimum Gasteiger partial charge on any atom is -0.486 e. The summed E-state index contributed by atoms with van der Waals surface area (Å²) < 4.78 is 29.3. The van der Waals surface area contributed by atoms with Gasteiger partial charge in [-0.3, -0.25) is 0 Å². The Hall–Kier alpha value is -0.790. The summed E-state index contributed by atoms with van der Waals surface area (Å²) in [5, 5.41) is 5.89. The van der Waals surface area contributed by atoms with Gasteiger partial charge in [0, 0.05) is 9.50 Å². The predicted molar refractivity (Wildman–Crippen MR) is 86.3 cm³/mol. The SMILES string of the molecule is NS(=O)(=O)c1cc(Br)cc(Cl)c1OCc1cccc(Cl)c1. The highest BCUT2D eigenvalue weighted by Gasteiger charge is 2.19. The first-order valence-corrected chi connectivity index (χ1v) is 8.76. The summed E-state index contributed by atoms with van der Waals surface area (Å²) >= 11 is 15.1. The van der Waals surface area contributed by atoms with E-state index in [0.717, 1.165) is 5.56 Å². The van der Waals surface area contributed by atoms with E-state index in [1.165, 1.54) is 12.1 Å². The molecule has 2 rings (SSSR count). The monoisotopic (exact) mass is 409 g/mol. The van der Waals surface area contributed by atoms with Crippen LogP contribution in [0.3, 0.4) is 0 Å². The number of sulfonamides is 1. The zero-order chi connectivity index (χ0) is 15.6. The van der Waals surface area contributed by atoms with Crippen LogP contribution in [0.4, 0.5) is 0 Å². The second kappa shape index (κ2) is 6.54. The smallest absolute Gasteiger partial charge is 0.241 e. The average molecular weight is 411 g/mol. The first kappa shape index (κ1) is 16.6. The molecule has 0 spiro atoms. The van der Waals surface area contributed by atoms with Gasteiger partial charge in [-0.25, -0.2) is 13.6 Å². The normalized spacial score (nSPS) is 11.4. The van der Waals surface area contributed by atoms with Crippen LogP contribution in [0.25, 0.3) is 0 Å². The van der Waals surface area contributed by atoms with Crippen molar-refractivity contribution in [2.45, 2.75) is 11.5 Å². The van der Waals surface area contributed by atoms with Gasteiger partial charge in [-0.15, -0.1) is 0 Å². The van der Waals surface area contributed by atoms with Crippen LogP contribution < -0.4 is 9.88 Å². The van der Waals surface area contributed by atoms with Crippen molar-refractivity contribution in [3.8, 4) is 5.75 Å². The molecule has 0 radical (unpaired) electrons. The van der Waals surface area contributed by atoms with Gasteiger partial charge in [0.05, 0.1) is 5.02 Å². The number of hydrogen-bond acceptors (Lipinski definition) is 3. The molecule has 0 unspecified atom stereocenters. The third kappa shape index (κ3) is 4.34. The van der Waals surface area contributed by atoms with Crippen molar-refractivity contribution in [3.05, 3.63) is 56.5 Å². The van der Waals surface area contributed by atoms with Crippen LogP contribution in [0.5, 0.6) is 5.75 Å². The Bertz CT molecular complexity index is 781. The molecule has 21 heavy (non-hydrogen) atoms. The van der Waals surface area contributed by atoms with Gasteiger partial charge in [0.2, 0.25) is 10.0 Å². The Balaban J connectivity index is 2.36. The molecule has 0 saturated heterocycles. The van der Waals surface area contributed by atoms with E-state index in [2.05, 4.69) is 15.9 Å². The van der Waals surface area contributed by atoms with Gasteiger partial charge in [0.15, 0.2) is 5.75 Å². The Morgan fingerprint density at radius 1 is 1.19 bits per heavy atom. The van der Waals surface area contributed by atoms with E-state index >= 15 is 0 Å². The van der Waals surface area contributed by atoms with Crippen molar-refractivity contribution < 1.29 is 13.2 Å². The highest BCUT2D eigenvalue weighted by molar-refractivity contribution is 9.10. The maximum atomic E-state index is 11.6. The lowest BCUT2D eigenvalue weighted by atomic mass is 10.2. The second-order valence-corrected chi connectivity index (χ2v) is 7.47. The van der Waals surface area contributed by atoms with Crippen LogP contribution in [0, 0.1) is 0 Å². The van der Waals surface area contributed by atoms with Crippen molar-refractivity contribution in [3.63, 3.8) is 0 Å². The predicted octanol–water partition coefficient (Wildman–Crippen LogP) is 3.98. The molecule has 0 aromatic heterocycles. The van der Waals surface area contributed by atoms with E-state index in [4.69, 9.17) is 33.1 Å². The van der Waals surface area contributed by atoms with Gasteiger partial charge in [0.1, 0.15) is 11.5 Å². The summed E-state index contributed by atoms with van der Waals surface area (Å²) in [6.07, 6.45) is 0. The third-order valence-corrected chi connectivity index (χ3v) is 4.44. The number of hydrogen-bond donors (Lipinski definition) is 1. The fraction of sp³-hybridized carbons (Fsp3) is 0.0769. The van der Waals surface area contributed by atoms with Crippen LogP contribution in [-0.4, -0.2) is 8.42 Å². The van der Waals surface area contributed by atoms with E-state index in [1.54, 1.807) is 24.3 Å². The second-order valence-electron chi connectivity index (χ2n) is 4.18. The summed E-state index contributed by atoms with van der Waals surface area (Å²) in [6, 6.07) is 9.89. The minimum absolute atomic E-state index is 0.0161. The molecule has 0 aliphatic rings. The molecule has 0 heterocycles. The molecule has 112 valence electrons. The zero-order valence-electron chi connectivity index (χ0n) is 10.5. The van der Waals surface area contributed by atoms with Gasteiger partial charge in [-0.05, 0) is 29.8 Å². The number of primary sulfonamides is 1. The maximum Gasteiger partial charge on any atom is 0.241 e. The Kier molecular flexibility index (Phi) is 5.16. The van der Waals surface area contributed by atoms with Gasteiger partial charge in [-0.2, -0.15) is 0 Å². The lowest BCUT2D eigenvalue weighted by molar-refractivity contribution is 0.298. The van der Waals surface area contributed by atoms with Crippen LogP contribution >= 0.6 is 39.1 Å². The molecule has 0 fully saturated rings. The average Bonchev–Trinajstić information content (AvgIpc) is 2.36. The number of ether oxygens (including phenoxy) is 1. The summed E-state index contributed by atoms with van der Waals surface area (Å²) in [5.74, 6) is 0.0161. The zero-order valence-corrected chi connectivity index (χ0v) is 14.4. The van der Waals surface area contributed by atoms with E-state index < -0.39 is 10.0 Å². The molecular formula is C13H10BrCl2NO3S. The van der Waals surface area contributed by atoms with Crippen molar-refractivity contribution in [1.82, 2.24) is 0 Å². The molecule has 2 aromatic carbocycles. The molecule has 2 aromatic rings. The number of rotatable bonds is 4. The first-order chi connectivity index (χ1) is 9.77. The third-order valence-electron chi connectivity index (χ3n) is 2.55. The molecule has 0 aliphatic carbocycles. The standard InChI is InChI=1S/C13H10BrCl2NO3S/c14-9-5-11(16)13(12(6-9)21(17,18)19)20-7-8-2-1-3-10(15)4-8/h1-6H,7H2,(H2,17,18,19). The highest BCUT2D eigenvalue weighted by Crippen LogP contribution is 2.35. The number of benzene rings is 2. The van der Waals surface area contributed by atoms with Gasteiger partial charge < -0.3 is 4.74 Å². The number of halogens is 3. The highest BCUT2D eigenvalue weighted by atomic mass is 79.9. The fourth-order valence-corrected chi connectivity index (χ4v) is 3.67. The van der Waals surface area contributed by atoms with Crippen molar-refractivity contribution in [1.29, 1.82) is 0 Å². The van der Waals surface area contributed by atoms with Crippen molar-refractivity contribution >= 4 is 49.2 Å². The first-order valence-electron chi connectivity index (χ1n) is 5.66. The molecule has 2 N–H and O–H groups in total. The largest absolute Gasteiger partial charge is 0.486 e. The van der Waals surface area contributed by atoms with Crippen molar-refractivity contribution in [2.24, 2.45) is 5.14 Å². The molecule has 0 bridgehead atoms. The van der Waals surface area contributed by atoms with Crippen molar-refractivity contribution in [2.75, 3.05) is 0 Å². The van der Waals surface area contributed by atoms with Crippen LogP contribution in [-0.2, 0) is 16.6 Å². The maximum absolute atomic E-state index is 11.6. The summed E-state index contributed by atoms with van der Waals surface area (Å²) in [4.78, 5) is -0.177. The lowest BCUT2D eigenvalue weighted by Crippen LogP contribution is -2.14. The van der Waals surface area contributed by atoms with Gasteiger partial charge >= 0.3 is 0 Å². The molecule has 0 aliphatic heterocycles. The lowest BCUT2D eigenvalue weighted by Gasteiger charge is -2.13. The van der Waals surface area contributed by atoms with E-state index in [1.807, 2.05) is 0 Å². The molecule has 0 saturated carbocycles. The van der Waals surface area contributed by atoms with E-state index in [9.17, 15) is 8.42 Å². The summed E-state index contributed by atoms with van der Waals surface area (Å²) in [5.41, 5.74) is 0.779. The fourth-order valence-electron chi connectivity index (χ4n) is 1.67. The molecule has 0 amide bonds. The molecule has 8 heteroatoms. The van der Waals surface area contributed by atoms with Crippen LogP contribution in [0.15, 0.2) is 45.8 Å².